The van der Waals surface area contributed by atoms with Gasteiger partial charge >= 0.3 is 0 Å². The second kappa shape index (κ2) is 6.82. The van der Waals surface area contributed by atoms with E-state index in [1.54, 1.807) is 0 Å². The molecule has 130 valence electrons. The molecule has 2 fully saturated rings. The van der Waals surface area contributed by atoms with Crippen molar-refractivity contribution in [1.82, 2.24) is 14.5 Å². The van der Waals surface area contributed by atoms with Crippen molar-refractivity contribution >= 4 is 11.0 Å². The normalized spacial score (nSPS) is 28.2. The van der Waals surface area contributed by atoms with Crippen molar-refractivity contribution in [1.29, 1.82) is 0 Å². The largest absolute Gasteiger partial charge is 0.381 e. The number of fused-ring (bicyclic) bond motifs is 2. The molecule has 1 aliphatic heterocycles. The zero-order valence-corrected chi connectivity index (χ0v) is 14.6. The van der Waals surface area contributed by atoms with Crippen molar-refractivity contribution < 1.29 is 9.47 Å². The van der Waals surface area contributed by atoms with Crippen molar-refractivity contribution in [3.8, 4) is 0 Å². The van der Waals surface area contributed by atoms with Crippen LogP contribution >= 0.6 is 0 Å². The maximum atomic E-state index is 6.02. The number of morpholine rings is 1. The van der Waals surface area contributed by atoms with Crippen LogP contribution in [0.3, 0.4) is 0 Å². The first-order chi connectivity index (χ1) is 11.8. The van der Waals surface area contributed by atoms with Gasteiger partial charge in [-0.3, -0.25) is 4.90 Å². The first-order valence-electron chi connectivity index (χ1n) is 9.06. The van der Waals surface area contributed by atoms with Crippen LogP contribution in [0.2, 0.25) is 0 Å². The Hall–Kier alpha value is -1.43. The molecule has 1 saturated heterocycles. The van der Waals surface area contributed by atoms with Gasteiger partial charge in [0.25, 0.3) is 0 Å². The Morgan fingerprint density at radius 2 is 2.12 bits per heavy atom. The van der Waals surface area contributed by atoms with Crippen LogP contribution in [0.5, 0.6) is 0 Å². The van der Waals surface area contributed by atoms with Crippen molar-refractivity contribution in [2.45, 2.75) is 51.0 Å². The van der Waals surface area contributed by atoms with E-state index in [2.05, 4.69) is 45.6 Å². The van der Waals surface area contributed by atoms with Gasteiger partial charge in [0.1, 0.15) is 5.82 Å². The quantitative estimate of drug-likeness (QED) is 0.864. The molecule has 5 nitrogen and oxygen atoms in total. The number of aryl methyl sites for hydroxylation is 1. The molecule has 2 heterocycles. The lowest BCUT2D eigenvalue weighted by molar-refractivity contribution is -0.113. The Morgan fingerprint density at radius 3 is 3.00 bits per heavy atom. The summed E-state index contributed by atoms with van der Waals surface area (Å²) in [4.78, 5) is 7.29. The summed E-state index contributed by atoms with van der Waals surface area (Å²) in [6.07, 6.45) is 4.09. The van der Waals surface area contributed by atoms with Crippen LogP contribution in [-0.4, -0.2) is 59.5 Å². The van der Waals surface area contributed by atoms with Gasteiger partial charge in [-0.05, 0) is 38.3 Å². The highest BCUT2D eigenvalue weighted by Gasteiger charge is 2.37. The van der Waals surface area contributed by atoms with Gasteiger partial charge in [-0.15, -0.1) is 0 Å². The summed E-state index contributed by atoms with van der Waals surface area (Å²) in [6.45, 7) is 5.99. The van der Waals surface area contributed by atoms with Gasteiger partial charge < -0.3 is 14.0 Å². The summed E-state index contributed by atoms with van der Waals surface area (Å²) in [5.74, 6) is 1.10. The lowest BCUT2D eigenvalue weighted by Gasteiger charge is -2.45. The molecule has 0 bridgehead atoms. The van der Waals surface area contributed by atoms with E-state index in [0.29, 0.717) is 18.2 Å². The maximum Gasteiger partial charge on any atom is 0.106 e. The van der Waals surface area contributed by atoms with Crippen LogP contribution in [0.25, 0.3) is 11.0 Å². The minimum Gasteiger partial charge on any atom is -0.381 e. The van der Waals surface area contributed by atoms with E-state index in [4.69, 9.17) is 9.47 Å². The summed E-state index contributed by atoms with van der Waals surface area (Å²) in [6, 6.07) is 8.90. The molecular formula is C19H27N3O2. The molecule has 5 heteroatoms. The minimum atomic E-state index is 0.380. The number of benzene rings is 1. The average molecular weight is 329 g/mol. The third-order valence-electron chi connectivity index (χ3n) is 5.68. The molecule has 2 aromatic rings. The summed E-state index contributed by atoms with van der Waals surface area (Å²) in [7, 11) is 1.83. The van der Waals surface area contributed by atoms with Gasteiger partial charge in [0.2, 0.25) is 0 Å². The summed E-state index contributed by atoms with van der Waals surface area (Å²) in [5.41, 5.74) is 2.32. The zero-order chi connectivity index (χ0) is 16.5. The Morgan fingerprint density at radius 1 is 1.25 bits per heavy atom. The molecule has 1 aromatic heterocycles. The number of aromatic nitrogens is 2. The Balaban J connectivity index is 1.48. The summed E-state index contributed by atoms with van der Waals surface area (Å²) in [5, 5.41) is 0. The second-order valence-corrected chi connectivity index (χ2v) is 6.98. The van der Waals surface area contributed by atoms with Crippen LogP contribution in [0.1, 0.15) is 25.1 Å². The minimum absolute atomic E-state index is 0.380. The number of nitrogens with zero attached hydrogens (tertiary/aromatic N) is 3. The van der Waals surface area contributed by atoms with Crippen molar-refractivity contribution in [2.24, 2.45) is 0 Å². The number of methoxy groups -OCH3 is 1. The lowest BCUT2D eigenvalue weighted by atomic mass is 9.88. The highest BCUT2D eigenvalue weighted by atomic mass is 16.5. The Labute approximate surface area is 143 Å². The molecule has 1 aliphatic carbocycles. The maximum absolute atomic E-state index is 6.02. The zero-order valence-electron chi connectivity index (χ0n) is 14.6. The third kappa shape index (κ3) is 2.96. The number of hydrogen-bond donors (Lipinski definition) is 0. The van der Waals surface area contributed by atoms with Crippen LogP contribution in [-0.2, 0) is 16.0 Å². The van der Waals surface area contributed by atoms with E-state index in [1.165, 1.54) is 5.52 Å². The van der Waals surface area contributed by atoms with E-state index >= 15 is 0 Å². The van der Waals surface area contributed by atoms with Crippen LogP contribution in [0, 0.1) is 6.92 Å². The number of hydrogen-bond acceptors (Lipinski definition) is 4. The van der Waals surface area contributed by atoms with E-state index in [0.717, 1.165) is 56.8 Å². The van der Waals surface area contributed by atoms with Gasteiger partial charge in [0, 0.05) is 32.8 Å². The van der Waals surface area contributed by atoms with E-state index in [-0.39, 0.29) is 0 Å². The molecule has 3 unspecified atom stereocenters. The average Bonchev–Trinajstić information content (AvgIpc) is 2.94. The number of para-hydroxylation sites is 2. The fraction of sp³-hybridized carbons (Fsp3) is 0.632. The molecule has 24 heavy (non-hydrogen) atoms. The van der Waals surface area contributed by atoms with Gasteiger partial charge in [-0.25, -0.2) is 4.98 Å². The first-order valence-corrected chi connectivity index (χ1v) is 9.06. The molecule has 0 amide bonds. The Bertz CT molecular complexity index is 699. The SMILES string of the molecule is COC1CCC2OCCN(CCn3c(C)nc4ccccc43)C2C1. The van der Waals surface area contributed by atoms with E-state index in [1.807, 2.05) is 7.11 Å². The van der Waals surface area contributed by atoms with Gasteiger partial charge in [-0.2, -0.15) is 0 Å². The third-order valence-corrected chi connectivity index (χ3v) is 5.68. The summed E-state index contributed by atoms with van der Waals surface area (Å²) >= 11 is 0. The highest BCUT2D eigenvalue weighted by molar-refractivity contribution is 5.75. The topological polar surface area (TPSA) is 39.5 Å². The molecule has 1 saturated carbocycles. The lowest BCUT2D eigenvalue weighted by Crippen LogP contribution is -2.55. The first kappa shape index (κ1) is 16.1. The predicted molar refractivity (Wildman–Crippen MR) is 94.2 cm³/mol. The molecule has 0 spiro atoms. The fourth-order valence-electron chi connectivity index (χ4n) is 4.35. The standard InChI is InChI=1S/C19H27N3O2/c1-14-20-16-5-3-4-6-17(16)22(14)10-9-21-11-12-24-19-8-7-15(23-2)13-18(19)21/h3-6,15,18-19H,7-13H2,1-2H3. The van der Waals surface area contributed by atoms with Crippen molar-refractivity contribution in [2.75, 3.05) is 26.8 Å². The predicted octanol–water partition coefficient (Wildman–Crippen LogP) is 2.61. The van der Waals surface area contributed by atoms with E-state index < -0.39 is 0 Å². The van der Waals surface area contributed by atoms with Crippen LogP contribution < -0.4 is 0 Å². The monoisotopic (exact) mass is 329 g/mol. The number of ether oxygens (including phenoxy) is 2. The van der Waals surface area contributed by atoms with Gasteiger partial charge in [0.05, 0.1) is 29.8 Å². The highest BCUT2D eigenvalue weighted by Crippen LogP contribution is 2.30. The van der Waals surface area contributed by atoms with Crippen LogP contribution in [0.4, 0.5) is 0 Å². The van der Waals surface area contributed by atoms with Crippen molar-refractivity contribution in [3.05, 3.63) is 30.1 Å². The molecular weight excluding hydrogens is 302 g/mol. The fourth-order valence-corrected chi connectivity index (χ4v) is 4.35. The van der Waals surface area contributed by atoms with Crippen molar-refractivity contribution in [3.63, 3.8) is 0 Å². The van der Waals surface area contributed by atoms with Gasteiger partial charge in [0.15, 0.2) is 0 Å². The molecule has 3 atom stereocenters. The molecule has 0 radical (unpaired) electrons. The smallest absolute Gasteiger partial charge is 0.106 e. The Kier molecular flexibility index (Phi) is 4.57. The number of imidazole rings is 1. The molecule has 1 aromatic carbocycles. The molecule has 4 rings (SSSR count). The van der Waals surface area contributed by atoms with Gasteiger partial charge in [-0.1, -0.05) is 12.1 Å². The molecule has 0 N–H and O–H groups in total. The second-order valence-electron chi connectivity index (χ2n) is 6.98. The number of rotatable bonds is 4. The van der Waals surface area contributed by atoms with Crippen LogP contribution in [0.15, 0.2) is 24.3 Å². The summed E-state index contributed by atoms with van der Waals surface area (Å²) < 4.78 is 14.0. The van der Waals surface area contributed by atoms with E-state index in [9.17, 15) is 0 Å². The molecule has 2 aliphatic rings.